The minimum Gasteiger partial charge on any atom is -0.366 e. The van der Waals surface area contributed by atoms with Gasteiger partial charge in [0.25, 0.3) is 5.91 Å². The summed E-state index contributed by atoms with van der Waals surface area (Å²) in [6, 6.07) is 1.79. The summed E-state index contributed by atoms with van der Waals surface area (Å²) >= 11 is 0. The molecule has 1 aromatic rings. The van der Waals surface area contributed by atoms with Crippen LogP contribution < -0.4 is 11.1 Å². The molecule has 0 aromatic heterocycles. The molecule has 1 aliphatic carbocycles. The lowest BCUT2D eigenvalue weighted by Gasteiger charge is -2.30. The number of halogens is 5. The summed E-state index contributed by atoms with van der Waals surface area (Å²) < 4.78 is 70.3. The van der Waals surface area contributed by atoms with E-state index >= 15 is 0 Å². The Balaban J connectivity index is 2.16. The summed E-state index contributed by atoms with van der Waals surface area (Å²) in [5.41, 5.74) is 2.44. The number of rotatable bonds is 11. The van der Waals surface area contributed by atoms with E-state index in [0.717, 1.165) is 6.07 Å². The molecule has 1 aromatic carbocycles. The first kappa shape index (κ1) is 30.1. The Morgan fingerprint density at radius 1 is 1.24 bits per heavy atom. The first-order chi connectivity index (χ1) is 17.1. The molecule has 2 atom stereocenters. The van der Waals surface area contributed by atoms with Gasteiger partial charge in [-0.25, -0.2) is 13.8 Å². The monoisotopic (exact) mass is 529 g/mol. The van der Waals surface area contributed by atoms with E-state index in [0.29, 0.717) is 5.84 Å². The zero-order valence-electron chi connectivity index (χ0n) is 21.3. The van der Waals surface area contributed by atoms with Gasteiger partial charge in [-0.05, 0) is 57.5 Å². The smallest absolute Gasteiger partial charge is 0.366 e. The van der Waals surface area contributed by atoms with Gasteiger partial charge in [0.1, 0.15) is 5.84 Å². The lowest BCUT2D eigenvalue weighted by atomic mass is 9.80. The van der Waals surface area contributed by atoms with E-state index in [1.807, 2.05) is 0 Å². The molecular formula is C25H32F5N5O2. The van der Waals surface area contributed by atoms with E-state index in [4.69, 9.17) is 5.73 Å². The maximum atomic E-state index is 14.5. The number of benzene rings is 1. The standard InChI is InChI=1S/C25H32F5N5O2/c1-14(12-33-15(2)32-3)19(24(8-9-24)25(28,29)30)11-20(36)34-13-17(35(4)5)10-16-6-7-18(23(31)37)22(27)21(16)26/h6-7,12,17,19H,1,8-11,13H2,2-5H3,(H2,31,37)(H,34,36)/t17-,19-/m0/s1. The Bertz CT molecular complexity index is 1090. The van der Waals surface area contributed by atoms with Crippen molar-refractivity contribution in [1.82, 2.24) is 10.2 Å². The first-order valence-corrected chi connectivity index (χ1v) is 11.6. The van der Waals surface area contributed by atoms with Gasteiger partial charge in [0.05, 0.1) is 11.0 Å². The Hall–Kier alpha value is -3.15. The predicted octanol–water partition coefficient (Wildman–Crippen LogP) is 3.68. The third kappa shape index (κ3) is 7.21. The maximum absolute atomic E-state index is 14.5. The van der Waals surface area contributed by atoms with Crippen molar-refractivity contribution in [2.24, 2.45) is 27.1 Å². The Kier molecular flexibility index (Phi) is 9.70. The van der Waals surface area contributed by atoms with E-state index in [2.05, 4.69) is 21.9 Å². The van der Waals surface area contributed by atoms with Crippen LogP contribution >= 0.6 is 0 Å². The van der Waals surface area contributed by atoms with Crippen LogP contribution in [-0.2, 0) is 11.2 Å². The van der Waals surface area contributed by atoms with Crippen LogP contribution in [0.2, 0.25) is 0 Å². The van der Waals surface area contributed by atoms with Gasteiger partial charge < -0.3 is 16.0 Å². The molecule has 12 heteroatoms. The molecule has 7 nitrogen and oxygen atoms in total. The van der Waals surface area contributed by atoms with Crippen LogP contribution in [-0.4, -0.2) is 68.7 Å². The molecule has 0 saturated heterocycles. The van der Waals surface area contributed by atoms with Crippen molar-refractivity contribution in [3.8, 4) is 0 Å². The summed E-state index contributed by atoms with van der Waals surface area (Å²) in [4.78, 5) is 33.5. The average molecular weight is 530 g/mol. The fraction of sp³-hybridized carbons (Fsp3) is 0.520. The molecule has 0 unspecified atom stereocenters. The minimum atomic E-state index is -4.52. The van der Waals surface area contributed by atoms with E-state index < -0.39 is 59.0 Å². The molecule has 1 saturated carbocycles. The topological polar surface area (TPSA) is 100 Å². The molecule has 0 bridgehead atoms. The molecule has 0 spiro atoms. The number of allylic oxidation sites excluding steroid dienone is 1. The number of aliphatic imine (C=N–C) groups is 2. The van der Waals surface area contributed by atoms with Crippen LogP contribution in [0.15, 0.2) is 34.3 Å². The zero-order chi connectivity index (χ0) is 28.1. The highest BCUT2D eigenvalue weighted by molar-refractivity contribution is 5.94. The first-order valence-electron chi connectivity index (χ1n) is 11.6. The number of likely N-dealkylation sites (N-methyl/N-ethyl adjacent to an activating group) is 1. The molecule has 2 rings (SSSR count). The van der Waals surface area contributed by atoms with E-state index in [1.165, 1.54) is 19.3 Å². The Morgan fingerprint density at radius 3 is 2.35 bits per heavy atom. The lowest BCUT2D eigenvalue weighted by molar-refractivity contribution is -0.199. The Morgan fingerprint density at radius 2 is 1.86 bits per heavy atom. The van der Waals surface area contributed by atoms with Crippen LogP contribution in [0.4, 0.5) is 22.0 Å². The fourth-order valence-electron chi connectivity index (χ4n) is 4.09. The van der Waals surface area contributed by atoms with Crippen LogP contribution in [0, 0.1) is 23.0 Å². The van der Waals surface area contributed by atoms with Crippen LogP contribution in [0.5, 0.6) is 0 Å². The molecule has 2 amide bonds. The summed E-state index contributed by atoms with van der Waals surface area (Å²) in [5.74, 6) is -5.20. The highest BCUT2D eigenvalue weighted by Gasteiger charge is 2.67. The lowest BCUT2D eigenvalue weighted by Crippen LogP contribution is -2.43. The molecular weight excluding hydrogens is 497 g/mol. The highest BCUT2D eigenvalue weighted by Crippen LogP contribution is 2.64. The fourth-order valence-corrected chi connectivity index (χ4v) is 4.09. The number of carbonyl (C=O) groups is 2. The number of carbonyl (C=O) groups excluding carboxylic acids is 2. The van der Waals surface area contributed by atoms with Crippen molar-refractivity contribution in [3.05, 3.63) is 47.0 Å². The minimum absolute atomic E-state index is 0.0417. The van der Waals surface area contributed by atoms with E-state index in [-0.39, 0.29) is 36.9 Å². The normalized spacial score (nSPS) is 17.1. The van der Waals surface area contributed by atoms with Crippen molar-refractivity contribution < 1.29 is 31.5 Å². The molecule has 0 aliphatic heterocycles. The predicted molar refractivity (Wildman–Crippen MR) is 132 cm³/mol. The van der Waals surface area contributed by atoms with Gasteiger partial charge in [0.15, 0.2) is 11.6 Å². The van der Waals surface area contributed by atoms with Gasteiger partial charge >= 0.3 is 6.18 Å². The van der Waals surface area contributed by atoms with Gasteiger partial charge in [0, 0.05) is 38.2 Å². The number of nitrogens with one attached hydrogen (secondary N) is 1. The van der Waals surface area contributed by atoms with Gasteiger partial charge in [-0.3, -0.25) is 14.6 Å². The second-order valence-electron chi connectivity index (χ2n) is 9.40. The number of alkyl halides is 3. The van der Waals surface area contributed by atoms with Crippen molar-refractivity contribution in [3.63, 3.8) is 0 Å². The third-order valence-corrected chi connectivity index (χ3v) is 6.75. The molecule has 37 heavy (non-hydrogen) atoms. The second-order valence-corrected chi connectivity index (χ2v) is 9.40. The van der Waals surface area contributed by atoms with E-state index in [1.54, 1.807) is 25.9 Å². The van der Waals surface area contributed by atoms with Crippen LogP contribution in [0.1, 0.15) is 42.1 Å². The van der Waals surface area contributed by atoms with Gasteiger partial charge in [-0.1, -0.05) is 12.6 Å². The molecule has 0 radical (unpaired) electrons. The summed E-state index contributed by atoms with van der Waals surface area (Å²) in [7, 11) is 4.81. The third-order valence-electron chi connectivity index (χ3n) is 6.75. The van der Waals surface area contributed by atoms with Crippen molar-refractivity contribution >= 4 is 23.9 Å². The van der Waals surface area contributed by atoms with Crippen LogP contribution in [0.25, 0.3) is 0 Å². The maximum Gasteiger partial charge on any atom is 0.395 e. The van der Waals surface area contributed by atoms with Crippen molar-refractivity contribution in [2.75, 3.05) is 27.7 Å². The SMILES string of the molecule is C=C(C=NC(C)=NC)[C@H](CC(=O)NC[C@H](Cc1ccc(C(N)=O)c(F)c1F)N(C)C)C1(C(F)(F)F)CC1. The van der Waals surface area contributed by atoms with Crippen molar-refractivity contribution in [1.29, 1.82) is 0 Å². The van der Waals surface area contributed by atoms with Crippen LogP contribution in [0.3, 0.4) is 0 Å². The number of hydrogen-bond acceptors (Lipinski definition) is 4. The average Bonchev–Trinajstić information content (AvgIpc) is 3.62. The van der Waals surface area contributed by atoms with Crippen molar-refractivity contribution in [2.45, 2.75) is 44.8 Å². The summed E-state index contributed by atoms with van der Waals surface area (Å²) in [6.07, 6.45) is -4.05. The number of amidine groups is 1. The number of amides is 2. The molecule has 1 aliphatic rings. The summed E-state index contributed by atoms with van der Waals surface area (Å²) in [5, 5.41) is 2.61. The quantitative estimate of drug-likeness (QED) is 0.260. The number of primary amides is 1. The zero-order valence-corrected chi connectivity index (χ0v) is 21.3. The number of nitrogens with zero attached hydrogens (tertiary/aromatic N) is 3. The molecule has 3 N–H and O–H groups in total. The van der Waals surface area contributed by atoms with Gasteiger partial charge in [0.2, 0.25) is 5.91 Å². The second kappa shape index (κ2) is 11.9. The highest BCUT2D eigenvalue weighted by atomic mass is 19.4. The number of nitrogens with two attached hydrogens (primary N) is 1. The Labute approximate surface area is 212 Å². The van der Waals surface area contributed by atoms with E-state index in [9.17, 15) is 31.5 Å². The molecule has 0 heterocycles. The number of hydrogen-bond donors (Lipinski definition) is 2. The largest absolute Gasteiger partial charge is 0.395 e. The molecule has 1 fully saturated rings. The molecule has 204 valence electrons. The summed E-state index contributed by atoms with van der Waals surface area (Å²) in [6.45, 7) is 5.29. The van der Waals surface area contributed by atoms with Gasteiger partial charge in [-0.2, -0.15) is 13.2 Å². The van der Waals surface area contributed by atoms with Gasteiger partial charge in [-0.15, -0.1) is 0 Å².